The second-order valence-corrected chi connectivity index (χ2v) is 6.05. The van der Waals surface area contributed by atoms with Crippen molar-refractivity contribution in [2.45, 2.75) is 33.1 Å². The van der Waals surface area contributed by atoms with Gasteiger partial charge in [-0.3, -0.25) is 4.79 Å². The van der Waals surface area contributed by atoms with E-state index in [2.05, 4.69) is 20.8 Å². The van der Waals surface area contributed by atoms with Crippen molar-refractivity contribution in [1.29, 1.82) is 0 Å². The summed E-state index contributed by atoms with van der Waals surface area (Å²) in [5.74, 6) is 1.18. The molecule has 1 aromatic heterocycles. The number of aromatic nitrogens is 2. The van der Waals surface area contributed by atoms with Crippen LogP contribution in [0.2, 0.25) is 5.02 Å². The topological polar surface area (TPSA) is 66.9 Å². The molecule has 0 spiro atoms. The van der Waals surface area contributed by atoms with Crippen molar-refractivity contribution in [3.63, 3.8) is 0 Å². The van der Waals surface area contributed by atoms with Crippen LogP contribution in [0.1, 0.15) is 32.3 Å². The lowest BCUT2D eigenvalue weighted by molar-refractivity contribution is -0.120. The van der Waals surface area contributed by atoms with Gasteiger partial charge in [-0.15, -0.1) is 10.2 Å². The fraction of sp³-hybridized carbons (Fsp3) is 0.389. The molecule has 0 atom stereocenters. The minimum absolute atomic E-state index is 0.00209. The van der Waals surface area contributed by atoms with Crippen molar-refractivity contribution in [1.82, 2.24) is 10.2 Å². The minimum Gasteiger partial charge on any atom is -0.368 e. The van der Waals surface area contributed by atoms with E-state index in [0.29, 0.717) is 11.6 Å². The molecule has 6 heteroatoms. The molecule has 0 unspecified atom stereocenters. The van der Waals surface area contributed by atoms with E-state index in [0.717, 1.165) is 30.8 Å². The van der Waals surface area contributed by atoms with Crippen LogP contribution in [0.25, 0.3) is 0 Å². The number of nitrogens with zero attached hydrogens (tertiary/aromatic N) is 2. The van der Waals surface area contributed by atoms with Crippen LogP contribution in [0.3, 0.4) is 0 Å². The molecule has 2 rings (SSSR count). The van der Waals surface area contributed by atoms with E-state index in [-0.39, 0.29) is 11.8 Å². The number of carbonyl (C=O) groups is 1. The number of nitrogens with one attached hydrogen (secondary N) is 2. The van der Waals surface area contributed by atoms with Crippen molar-refractivity contribution in [3.8, 4) is 0 Å². The second-order valence-electron chi connectivity index (χ2n) is 5.61. The van der Waals surface area contributed by atoms with E-state index in [4.69, 9.17) is 11.6 Å². The highest BCUT2D eigenvalue weighted by Crippen LogP contribution is 2.13. The molecule has 24 heavy (non-hydrogen) atoms. The number of carbonyl (C=O) groups excluding carboxylic acids is 1. The third-order valence-electron chi connectivity index (χ3n) is 3.91. The molecule has 1 aromatic carbocycles. The quantitative estimate of drug-likeness (QED) is 0.753. The van der Waals surface area contributed by atoms with Crippen molar-refractivity contribution in [2.24, 2.45) is 5.92 Å². The highest BCUT2D eigenvalue weighted by Gasteiger charge is 2.14. The largest absolute Gasteiger partial charge is 0.368 e. The summed E-state index contributed by atoms with van der Waals surface area (Å²) in [5.41, 5.74) is 1.20. The minimum atomic E-state index is -0.00209. The normalized spacial score (nSPS) is 10.7. The number of hydrogen-bond donors (Lipinski definition) is 2. The Hall–Kier alpha value is -2.14. The van der Waals surface area contributed by atoms with Crippen LogP contribution in [0.4, 0.5) is 11.6 Å². The second kappa shape index (κ2) is 9.23. The van der Waals surface area contributed by atoms with Crippen molar-refractivity contribution in [2.75, 3.05) is 17.2 Å². The fourth-order valence-corrected chi connectivity index (χ4v) is 2.49. The maximum absolute atomic E-state index is 12.0. The Kier molecular flexibility index (Phi) is 7.00. The maximum atomic E-state index is 12.0. The molecule has 2 N–H and O–H groups in total. The van der Waals surface area contributed by atoms with Crippen molar-refractivity contribution < 1.29 is 4.79 Å². The van der Waals surface area contributed by atoms with Gasteiger partial charge >= 0.3 is 0 Å². The van der Waals surface area contributed by atoms with E-state index in [1.54, 1.807) is 6.07 Å². The maximum Gasteiger partial charge on any atom is 0.228 e. The third kappa shape index (κ3) is 5.49. The monoisotopic (exact) mass is 346 g/mol. The summed E-state index contributed by atoms with van der Waals surface area (Å²) in [6, 6.07) is 11.4. The molecule has 1 amide bonds. The molecule has 5 nitrogen and oxygen atoms in total. The number of amides is 1. The van der Waals surface area contributed by atoms with E-state index >= 15 is 0 Å². The van der Waals surface area contributed by atoms with Gasteiger partial charge in [0.2, 0.25) is 5.91 Å². The summed E-state index contributed by atoms with van der Waals surface area (Å²) >= 11 is 5.87. The van der Waals surface area contributed by atoms with Crippen molar-refractivity contribution >= 4 is 29.1 Å². The van der Waals surface area contributed by atoms with E-state index < -0.39 is 0 Å². The molecule has 0 fully saturated rings. The molecular weight excluding hydrogens is 324 g/mol. The Labute approximate surface area is 147 Å². The predicted octanol–water partition coefficient (Wildman–Crippen LogP) is 4.16. The smallest absolute Gasteiger partial charge is 0.228 e. The lowest BCUT2D eigenvalue weighted by Gasteiger charge is -2.12. The lowest BCUT2D eigenvalue weighted by atomic mass is 10.0. The summed E-state index contributed by atoms with van der Waals surface area (Å²) < 4.78 is 0. The van der Waals surface area contributed by atoms with Crippen LogP contribution in [-0.4, -0.2) is 22.6 Å². The highest BCUT2D eigenvalue weighted by molar-refractivity contribution is 6.30. The van der Waals surface area contributed by atoms with Crippen molar-refractivity contribution in [3.05, 3.63) is 47.0 Å². The molecule has 128 valence electrons. The molecule has 0 saturated carbocycles. The van der Waals surface area contributed by atoms with Gasteiger partial charge in [-0.05, 0) is 49.1 Å². The SMILES string of the molecule is CCC(CC)C(=O)Nc1ccc(NCCc2ccc(Cl)cc2)nn1. The Morgan fingerprint density at radius 1 is 1.04 bits per heavy atom. The summed E-state index contributed by atoms with van der Waals surface area (Å²) in [4.78, 5) is 12.0. The lowest BCUT2D eigenvalue weighted by Crippen LogP contribution is -2.22. The van der Waals surface area contributed by atoms with Gasteiger partial charge in [-0.25, -0.2) is 0 Å². The standard InChI is InChI=1S/C18H23ClN4O/c1-3-14(4-2)18(24)21-17-10-9-16(22-23-17)20-12-11-13-5-7-15(19)8-6-13/h5-10,14H,3-4,11-12H2,1-2H3,(H,20,22)(H,21,23,24). The average Bonchev–Trinajstić information content (AvgIpc) is 2.59. The Balaban J connectivity index is 1.81. The fourth-order valence-electron chi connectivity index (χ4n) is 2.37. The van der Waals surface area contributed by atoms with E-state index in [9.17, 15) is 4.79 Å². The zero-order valence-electron chi connectivity index (χ0n) is 14.1. The molecule has 0 saturated heterocycles. The first-order valence-corrected chi connectivity index (χ1v) is 8.63. The first kappa shape index (κ1) is 18.2. The Morgan fingerprint density at radius 2 is 1.67 bits per heavy atom. The van der Waals surface area contributed by atoms with Crippen LogP contribution in [0.15, 0.2) is 36.4 Å². The van der Waals surface area contributed by atoms with Gasteiger partial charge in [0.15, 0.2) is 5.82 Å². The predicted molar refractivity (Wildman–Crippen MR) is 98.4 cm³/mol. The van der Waals surface area contributed by atoms with Gasteiger partial charge in [0.1, 0.15) is 5.82 Å². The molecule has 0 aliphatic carbocycles. The zero-order chi connectivity index (χ0) is 17.4. The molecule has 0 aliphatic rings. The molecular formula is C18H23ClN4O. The van der Waals surface area contributed by atoms with Crippen LogP contribution < -0.4 is 10.6 Å². The number of benzene rings is 1. The van der Waals surface area contributed by atoms with Crippen LogP contribution in [0.5, 0.6) is 0 Å². The van der Waals surface area contributed by atoms with Gasteiger partial charge in [-0.1, -0.05) is 37.6 Å². The van der Waals surface area contributed by atoms with Crippen LogP contribution in [0, 0.1) is 5.92 Å². The van der Waals surface area contributed by atoms with Gasteiger partial charge in [-0.2, -0.15) is 0 Å². The van der Waals surface area contributed by atoms with Gasteiger partial charge < -0.3 is 10.6 Å². The van der Waals surface area contributed by atoms with E-state index in [1.807, 2.05) is 44.2 Å². The number of hydrogen-bond acceptors (Lipinski definition) is 4. The van der Waals surface area contributed by atoms with Crippen LogP contribution >= 0.6 is 11.6 Å². The van der Waals surface area contributed by atoms with Gasteiger partial charge in [0.05, 0.1) is 0 Å². The third-order valence-corrected chi connectivity index (χ3v) is 4.16. The number of anilines is 2. The Morgan fingerprint density at radius 3 is 2.25 bits per heavy atom. The zero-order valence-corrected chi connectivity index (χ0v) is 14.8. The Bertz CT molecular complexity index is 639. The highest BCUT2D eigenvalue weighted by atomic mass is 35.5. The molecule has 0 bridgehead atoms. The van der Waals surface area contributed by atoms with E-state index in [1.165, 1.54) is 5.56 Å². The summed E-state index contributed by atoms with van der Waals surface area (Å²) in [6.45, 7) is 4.76. The summed E-state index contributed by atoms with van der Waals surface area (Å²) in [5, 5.41) is 14.9. The molecule has 0 radical (unpaired) electrons. The summed E-state index contributed by atoms with van der Waals surface area (Å²) in [6.07, 6.45) is 2.51. The first-order chi connectivity index (χ1) is 11.6. The van der Waals surface area contributed by atoms with Gasteiger partial charge in [0.25, 0.3) is 0 Å². The molecule has 1 heterocycles. The number of halogens is 1. The first-order valence-electron chi connectivity index (χ1n) is 8.25. The van der Waals surface area contributed by atoms with Crippen LogP contribution in [-0.2, 0) is 11.2 Å². The average molecular weight is 347 g/mol. The number of rotatable bonds is 8. The van der Waals surface area contributed by atoms with Gasteiger partial charge in [0, 0.05) is 17.5 Å². The summed E-state index contributed by atoms with van der Waals surface area (Å²) in [7, 11) is 0. The molecule has 0 aliphatic heterocycles. The molecule has 2 aromatic rings.